The molecule has 0 aromatic carbocycles. The number of carbonyl (C=O) groups is 1. The summed E-state index contributed by atoms with van der Waals surface area (Å²) in [5, 5.41) is 4.21. The number of anilines is 1. The number of hydrogen-bond donors (Lipinski definition) is 1. The second-order valence-electron chi connectivity index (χ2n) is 3.73. The van der Waals surface area contributed by atoms with Crippen molar-refractivity contribution in [1.82, 2.24) is 0 Å². The molecule has 15 heavy (non-hydrogen) atoms. The van der Waals surface area contributed by atoms with Gasteiger partial charge in [-0.1, -0.05) is 11.6 Å². The molecular weight excluding hydrogens is 234 g/mol. The third kappa shape index (κ3) is 2.26. The molecule has 0 spiro atoms. The van der Waals surface area contributed by atoms with E-state index in [-0.39, 0.29) is 11.4 Å². The lowest BCUT2D eigenvalue weighted by molar-refractivity contribution is -0.146. The van der Waals surface area contributed by atoms with E-state index in [0.29, 0.717) is 6.54 Å². The predicted molar refractivity (Wildman–Crippen MR) is 61.5 cm³/mol. The normalized spacial score (nSPS) is 17.2. The standard InChI is InChI=1S/C10H12ClNO2S/c1-14-9(13)10(4-5-10)6-12-8-3-2-7(11)15-8/h2-3,12H,4-6H2,1H3. The van der Waals surface area contributed by atoms with Gasteiger partial charge < -0.3 is 10.1 Å². The van der Waals surface area contributed by atoms with Crippen LogP contribution in [-0.2, 0) is 9.53 Å². The number of ether oxygens (including phenoxy) is 1. The van der Waals surface area contributed by atoms with E-state index in [2.05, 4.69) is 5.32 Å². The summed E-state index contributed by atoms with van der Waals surface area (Å²) in [6.07, 6.45) is 1.82. The highest BCUT2D eigenvalue weighted by molar-refractivity contribution is 7.19. The Balaban J connectivity index is 1.91. The van der Waals surface area contributed by atoms with Crippen molar-refractivity contribution in [3.05, 3.63) is 16.5 Å². The molecule has 0 saturated heterocycles. The molecule has 3 nitrogen and oxygen atoms in total. The molecule has 1 aromatic heterocycles. The van der Waals surface area contributed by atoms with Crippen LogP contribution in [0.15, 0.2) is 12.1 Å². The molecule has 1 N–H and O–H groups in total. The number of esters is 1. The van der Waals surface area contributed by atoms with E-state index in [1.54, 1.807) is 0 Å². The van der Waals surface area contributed by atoms with Crippen LogP contribution in [0.5, 0.6) is 0 Å². The minimum absolute atomic E-state index is 0.113. The maximum atomic E-state index is 11.4. The highest BCUT2D eigenvalue weighted by Crippen LogP contribution is 2.47. The first-order valence-electron chi connectivity index (χ1n) is 4.74. The summed E-state index contributed by atoms with van der Waals surface area (Å²) in [5.74, 6) is -0.113. The van der Waals surface area contributed by atoms with Crippen LogP contribution in [0.1, 0.15) is 12.8 Å². The molecule has 1 saturated carbocycles. The monoisotopic (exact) mass is 245 g/mol. The number of nitrogens with one attached hydrogen (secondary N) is 1. The second kappa shape index (κ2) is 4.02. The maximum absolute atomic E-state index is 11.4. The lowest BCUT2D eigenvalue weighted by Crippen LogP contribution is -2.25. The molecular formula is C10H12ClNO2S. The molecule has 2 rings (SSSR count). The number of rotatable bonds is 4. The maximum Gasteiger partial charge on any atom is 0.313 e. The zero-order chi connectivity index (χ0) is 10.9. The summed E-state index contributed by atoms with van der Waals surface area (Å²) >= 11 is 7.28. The van der Waals surface area contributed by atoms with E-state index in [1.165, 1.54) is 18.4 Å². The van der Waals surface area contributed by atoms with E-state index in [0.717, 1.165) is 22.2 Å². The molecule has 0 aliphatic heterocycles. The molecule has 0 atom stereocenters. The van der Waals surface area contributed by atoms with Crippen LogP contribution in [0.25, 0.3) is 0 Å². The summed E-state index contributed by atoms with van der Waals surface area (Å²) in [5.41, 5.74) is -0.286. The van der Waals surface area contributed by atoms with Crippen molar-refractivity contribution in [3.8, 4) is 0 Å². The first-order chi connectivity index (χ1) is 7.16. The zero-order valence-corrected chi connectivity index (χ0v) is 9.95. The lowest BCUT2D eigenvalue weighted by Gasteiger charge is -2.12. The van der Waals surface area contributed by atoms with Crippen molar-refractivity contribution in [3.63, 3.8) is 0 Å². The van der Waals surface area contributed by atoms with Crippen LogP contribution in [0.4, 0.5) is 5.00 Å². The van der Waals surface area contributed by atoms with Gasteiger partial charge >= 0.3 is 5.97 Å². The topological polar surface area (TPSA) is 38.3 Å². The number of methoxy groups -OCH3 is 1. The SMILES string of the molecule is COC(=O)C1(CNc2ccc(Cl)s2)CC1. The first kappa shape index (κ1) is 10.8. The Morgan fingerprint density at radius 2 is 2.40 bits per heavy atom. The van der Waals surface area contributed by atoms with Crippen LogP contribution in [0.2, 0.25) is 4.34 Å². The fraction of sp³-hybridized carbons (Fsp3) is 0.500. The van der Waals surface area contributed by atoms with Gasteiger partial charge in [0.1, 0.15) is 0 Å². The molecule has 1 fully saturated rings. The molecule has 0 amide bonds. The highest BCUT2D eigenvalue weighted by atomic mass is 35.5. The van der Waals surface area contributed by atoms with Crippen molar-refractivity contribution in [2.45, 2.75) is 12.8 Å². The summed E-state index contributed by atoms with van der Waals surface area (Å²) < 4.78 is 5.52. The number of halogens is 1. The molecule has 1 aliphatic carbocycles. The Morgan fingerprint density at radius 3 is 2.87 bits per heavy atom. The van der Waals surface area contributed by atoms with Gasteiger partial charge in [0, 0.05) is 6.54 Å². The summed E-state index contributed by atoms with van der Waals surface area (Å²) in [4.78, 5) is 11.4. The van der Waals surface area contributed by atoms with Crippen LogP contribution in [0.3, 0.4) is 0 Å². The Labute approximate surface area is 97.4 Å². The minimum Gasteiger partial charge on any atom is -0.469 e. The molecule has 1 heterocycles. The third-order valence-corrected chi connectivity index (χ3v) is 3.84. The summed E-state index contributed by atoms with van der Waals surface area (Å²) in [6.45, 7) is 0.635. The van der Waals surface area contributed by atoms with Crippen LogP contribution in [-0.4, -0.2) is 19.6 Å². The van der Waals surface area contributed by atoms with Crippen molar-refractivity contribution >= 4 is 33.9 Å². The molecule has 1 aliphatic rings. The molecule has 82 valence electrons. The number of carbonyl (C=O) groups excluding carboxylic acids is 1. The Kier molecular flexibility index (Phi) is 2.89. The molecule has 1 aromatic rings. The van der Waals surface area contributed by atoms with Crippen molar-refractivity contribution in [1.29, 1.82) is 0 Å². The second-order valence-corrected chi connectivity index (χ2v) is 5.44. The van der Waals surface area contributed by atoms with Gasteiger partial charge in [0.15, 0.2) is 0 Å². The van der Waals surface area contributed by atoms with E-state index in [4.69, 9.17) is 16.3 Å². The zero-order valence-electron chi connectivity index (χ0n) is 8.38. The quantitative estimate of drug-likeness (QED) is 0.829. The average molecular weight is 246 g/mol. The fourth-order valence-corrected chi connectivity index (χ4v) is 2.43. The minimum atomic E-state index is -0.286. The summed E-state index contributed by atoms with van der Waals surface area (Å²) in [7, 11) is 1.43. The lowest BCUT2D eigenvalue weighted by atomic mass is 10.1. The van der Waals surface area contributed by atoms with Crippen molar-refractivity contribution < 1.29 is 9.53 Å². The highest BCUT2D eigenvalue weighted by Gasteiger charge is 2.50. The van der Waals surface area contributed by atoms with E-state index >= 15 is 0 Å². The van der Waals surface area contributed by atoms with Gasteiger partial charge in [0.25, 0.3) is 0 Å². The van der Waals surface area contributed by atoms with Gasteiger partial charge in [-0.25, -0.2) is 0 Å². The predicted octanol–water partition coefficient (Wildman–Crippen LogP) is 2.77. The van der Waals surface area contributed by atoms with Gasteiger partial charge in [0.2, 0.25) is 0 Å². The van der Waals surface area contributed by atoms with Crippen molar-refractivity contribution in [2.24, 2.45) is 5.41 Å². The largest absolute Gasteiger partial charge is 0.469 e. The van der Waals surface area contributed by atoms with Crippen LogP contribution < -0.4 is 5.32 Å². The third-order valence-electron chi connectivity index (χ3n) is 2.65. The number of thiophene rings is 1. The van der Waals surface area contributed by atoms with Gasteiger partial charge in [-0.05, 0) is 25.0 Å². The molecule has 5 heteroatoms. The Bertz CT molecular complexity index is 373. The van der Waals surface area contributed by atoms with Crippen LogP contribution >= 0.6 is 22.9 Å². The Hall–Kier alpha value is -0.740. The van der Waals surface area contributed by atoms with Gasteiger partial charge in [-0.2, -0.15) is 0 Å². The van der Waals surface area contributed by atoms with E-state index in [9.17, 15) is 4.79 Å². The van der Waals surface area contributed by atoms with Gasteiger partial charge in [-0.3, -0.25) is 4.79 Å². The first-order valence-corrected chi connectivity index (χ1v) is 5.93. The van der Waals surface area contributed by atoms with E-state index < -0.39 is 0 Å². The number of hydrogen-bond acceptors (Lipinski definition) is 4. The fourth-order valence-electron chi connectivity index (χ4n) is 1.49. The summed E-state index contributed by atoms with van der Waals surface area (Å²) in [6, 6.07) is 3.76. The molecule has 0 bridgehead atoms. The van der Waals surface area contributed by atoms with E-state index in [1.807, 2.05) is 12.1 Å². The molecule has 0 unspecified atom stereocenters. The van der Waals surface area contributed by atoms with Crippen molar-refractivity contribution in [2.75, 3.05) is 19.0 Å². The van der Waals surface area contributed by atoms with Gasteiger partial charge in [0.05, 0.1) is 21.9 Å². The van der Waals surface area contributed by atoms with Crippen LogP contribution in [0, 0.1) is 5.41 Å². The van der Waals surface area contributed by atoms with Gasteiger partial charge in [-0.15, -0.1) is 11.3 Å². The average Bonchev–Trinajstić information content (AvgIpc) is 2.93. The Morgan fingerprint density at radius 1 is 1.67 bits per heavy atom. The molecule has 0 radical (unpaired) electrons. The smallest absolute Gasteiger partial charge is 0.313 e.